The van der Waals surface area contributed by atoms with Crippen molar-refractivity contribution in [1.82, 2.24) is 4.98 Å². The van der Waals surface area contributed by atoms with E-state index in [0.717, 1.165) is 18.4 Å². The van der Waals surface area contributed by atoms with E-state index in [1.54, 1.807) is 18.2 Å². The van der Waals surface area contributed by atoms with Gasteiger partial charge in [-0.25, -0.2) is 18.2 Å². The largest absolute Gasteiger partial charge is 0.478 e. The van der Waals surface area contributed by atoms with Crippen LogP contribution >= 0.6 is 0 Å². The van der Waals surface area contributed by atoms with E-state index in [4.69, 9.17) is 5.11 Å². The first-order valence-electron chi connectivity index (χ1n) is 11.8. The number of sulfone groups is 1. The van der Waals surface area contributed by atoms with E-state index in [1.807, 2.05) is 6.07 Å². The molecule has 1 amide bonds. The van der Waals surface area contributed by atoms with Crippen molar-refractivity contribution in [2.75, 3.05) is 5.32 Å². The summed E-state index contributed by atoms with van der Waals surface area (Å²) >= 11 is 0. The molecular weight excluding hydrogens is 468 g/mol. The van der Waals surface area contributed by atoms with Crippen LogP contribution in [0.15, 0.2) is 47.5 Å². The molecule has 8 nitrogen and oxygen atoms in total. The van der Waals surface area contributed by atoms with Crippen LogP contribution < -0.4 is 5.32 Å². The Morgan fingerprint density at radius 1 is 1.03 bits per heavy atom. The fourth-order valence-corrected chi connectivity index (χ4v) is 6.48. The van der Waals surface area contributed by atoms with Gasteiger partial charge in [0.15, 0.2) is 9.84 Å². The zero-order valence-corrected chi connectivity index (χ0v) is 19.9. The van der Waals surface area contributed by atoms with Crippen molar-refractivity contribution >= 4 is 38.9 Å². The molecule has 0 saturated heterocycles. The first kappa shape index (κ1) is 23.4. The number of aromatic nitrogens is 1. The highest BCUT2D eigenvalue weighted by Crippen LogP contribution is 2.46. The van der Waals surface area contributed by atoms with Gasteiger partial charge in [-0.2, -0.15) is 0 Å². The summed E-state index contributed by atoms with van der Waals surface area (Å²) in [5.41, 5.74) is 1.72. The van der Waals surface area contributed by atoms with Crippen molar-refractivity contribution < 1.29 is 27.9 Å². The molecule has 0 aliphatic heterocycles. The van der Waals surface area contributed by atoms with Crippen LogP contribution in [0.4, 0.5) is 5.82 Å². The number of carboxylic acid groups (broad SMARTS) is 1. The number of carboxylic acids is 1. The zero-order chi connectivity index (χ0) is 24.7. The summed E-state index contributed by atoms with van der Waals surface area (Å²) in [5, 5.41) is 11.5. The number of ketones is 1. The van der Waals surface area contributed by atoms with E-state index >= 15 is 0 Å². The average molecular weight is 495 g/mol. The molecule has 0 spiro atoms. The maximum Gasteiger partial charge on any atom is 0.337 e. The normalized spacial score (nSPS) is 20.6. The molecule has 1 heterocycles. The van der Waals surface area contributed by atoms with Gasteiger partial charge in [0, 0.05) is 24.6 Å². The SMILES string of the molecule is O=C1CC[C@H](/C=C(/C(=O)Nc2ccc(C(=O)O)cn2)c2ccc(S(=O)(=O)C3CC3)c(C3CC3)c2)C1. The summed E-state index contributed by atoms with van der Waals surface area (Å²) in [6.07, 6.45) is 7.66. The number of nitrogens with one attached hydrogen (secondary N) is 1. The van der Waals surface area contributed by atoms with Gasteiger partial charge in [0.2, 0.25) is 0 Å². The van der Waals surface area contributed by atoms with Gasteiger partial charge in [-0.05, 0) is 79.3 Å². The van der Waals surface area contributed by atoms with E-state index in [1.165, 1.54) is 18.3 Å². The maximum absolute atomic E-state index is 13.4. The van der Waals surface area contributed by atoms with E-state index < -0.39 is 21.7 Å². The third-order valence-electron chi connectivity index (χ3n) is 6.79. The highest BCUT2D eigenvalue weighted by Gasteiger charge is 2.40. The number of benzene rings is 1. The summed E-state index contributed by atoms with van der Waals surface area (Å²) in [4.78, 5) is 40.7. The first-order valence-corrected chi connectivity index (χ1v) is 13.4. The van der Waals surface area contributed by atoms with Crippen molar-refractivity contribution in [3.8, 4) is 0 Å². The van der Waals surface area contributed by atoms with Gasteiger partial charge in [0.05, 0.1) is 15.7 Å². The molecule has 3 saturated carbocycles. The summed E-state index contributed by atoms with van der Waals surface area (Å²) < 4.78 is 26.0. The second-order valence-electron chi connectivity index (χ2n) is 9.58. The summed E-state index contributed by atoms with van der Waals surface area (Å²) in [7, 11) is -3.38. The van der Waals surface area contributed by atoms with Gasteiger partial charge in [0.1, 0.15) is 11.6 Å². The number of Topliss-reactive ketones (excluding diaryl/α,β-unsaturated/α-hetero) is 1. The molecular formula is C26H26N2O6S. The summed E-state index contributed by atoms with van der Waals surface area (Å²) in [6.45, 7) is 0. The number of hydrogen-bond donors (Lipinski definition) is 2. The fourth-order valence-electron chi connectivity index (χ4n) is 4.55. The Morgan fingerprint density at radius 2 is 1.77 bits per heavy atom. The molecule has 3 aliphatic rings. The summed E-state index contributed by atoms with van der Waals surface area (Å²) in [6, 6.07) is 7.88. The molecule has 1 aromatic heterocycles. The van der Waals surface area contributed by atoms with E-state index in [9.17, 15) is 22.8 Å². The number of carbonyl (C=O) groups excluding carboxylic acids is 2. The Hall–Kier alpha value is -3.33. The van der Waals surface area contributed by atoms with Crippen LogP contribution in [-0.2, 0) is 19.4 Å². The molecule has 3 aliphatic carbocycles. The predicted octanol–water partition coefficient (Wildman–Crippen LogP) is 3.98. The maximum atomic E-state index is 13.4. The highest BCUT2D eigenvalue weighted by molar-refractivity contribution is 7.92. The molecule has 0 radical (unpaired) electrons. The molecule has 2 aromatic rings. The minimum Gasteiger partial charge on any atom is -0.478 e. The van der Waals surface area contributed by atoms with Crippen molar-refractivity contribution in [2.24, 2.45) is 5.92 Å². The molecule has 35 heavy (non-hydrogen) atoms. The first-order chi connectivity index (χ1) is 16.7. The van der Waals surface area contributed by atoms with Gasteiger partial charge in [-0.15, -0.1) is 0 Å². The quantitative estimate of drug-likeness (QED) is 0.531. The highest BCUT2D eigenvalue weighted by atomic mass is 32.2. The molecule has 9 heteroatoms. The smallest absolute Gasteiger partial charge is 0.337 e. The lowest BCUT2D eigenvalue weighted by molar-refractivity contribution is -0.117. The molecule has 5 rings (SSSR count). The molecule has 2 N–H and O–H groups in total. The Morgan fingerprint density at radius 3 is 2.34 bits per heavy atom. The molecule has 3 fully saturated rings. The lowest BCUT2D eigenvalue weighted by Gasteiger charge is -2.15. The number of hydrogen-bond acceptors (Lipinski definition) is 6. The monoisotopic (exact) mass is 494 g/mol. The van der Waals surface area contributed by atoms with E-state index in [0.29, 0.717) is 48.1 Å². The lowest BCUT2D eigenvalue weighted by Crippen LogP contribution is -2.16. The number of aromatic carboxylic acids is 1. The predicted molar refractivity (Wildman–Crippen MR) is 129 cm³/mol. The molecule has 182 valence electrons. The standard InChI is InChI=1S/C26H26N2O6S/c29-19-6-1-15(11-19)12-22(25(30)28-24-10-5-18(14-27-24)26(31)32)17-4-9-23(21(13-17)16-2-3-16)35(33,34)20-7-8-20/h4-5,9-10,12-16,20H,1-3,6-8,11H2,(H,31,32)(H,27,28,30)/b22-12+/t15-/m0/s1. The number of nitrogens with zero attached hydrogens (tertiary/aromatic N) is 1. The van der Waals surface area contributed by atoms with Gasteiger partial charge in [-0.1, -0.05) is 12.1 Å². The van der Waals surface area contributed by atoms with Crippen LogP contribution in [0, 0.1) is 5.92 Å². The Kier molecular flexibility index (Phi) is 6.04. The third kappa shape index (κ3) is 5.05. The Balaban J connectivity index is 1.50. The second-order valence-corrected chi connectivity index (χ2v) is 11.8. The van der Waals surface area contributed by atoms with Crippen LogP contribution in [0.25, 0.3) is 5.57 Å². The third-order valence-corrected chi connectivity index (χ3v) is 9.12. The van der Waals surface area contributed by atoms with Gasteiger partial charge >= 0.3 is 5.97 Å². The Labute approximate surface area is 203 Å². The van der Waals surface area contributed by atoms with Crippen LogP contribution in [0.1, 0.15) is 72.3 Å². The Bertz CT molecular complexity index is 1340. The molecule has 1 atom stereocenters. The number of carbonyl (C=O) groups is 3. The van der Waals surface area contributed by atoms with Crippen LogP contribution in [0.5, 0.6) is 0 Å². The van der Waals surface area contributed by atoms with E-state index in [2.05, 4.69) is 10.3 Å². The number of allylic oxidation sites excluding steroid dienone is 1. The van der Waals surface area contributed by atoms with Gasteiger partial charge < -0.3 is 10.4 Å². The van der Waals surface area contributed by atoms with Crippen molar-refractivity contribution in [3.63, 3.8) is 0 Å². The second kappa shape index (κ2) is 9.03. The lowest BCUT2D eigenvalue weighted by atomic mass is 9.95. The fraction of sp³-hybridized carbons (Fsp3) is 0.385. The summed E-state index contributed by atoms with van der Waals surface area (Å²) in [5.74, 6) is -1.12. The van der Waals surface area contributed by atoms with Crippen molar-refractivity contribution in [3.05, 3.63) is 59.3 Å². The van der Waals surface area contributed by atoms with Crippen molar-refractivity contribution in [1.29, 1.82) is 0 Å². The van der Waals surface area contributed by atoms with Crippen LogP contribution in [-0.4, -0.2) is 41.4 Å². The van der Waals surface area contributed by atoms with E-state index in [-0.39, 0.29) is 34.3 Å². The average Bonchev–Trinajstić information content (AvgIpc) is 3.75. The van der Waals surface area contributed by atoms with Crippen LogP contribution in [0.3, 0.4) is 0 Å². The number of anilines is 1. The molecule has 1 aromatic carbocycles. The van der Waals surface area contributed by atoms with Gasteiger partial charge in [0.25, 0.3) is 5.91 Å². The van der Waals surface area contributed by atoms with Crippen molar-refractivity contribution in [2.45, 2.75) is 61.0 Å². The molecule has 0 bridgehead atoms. The topological polar surface area (TPSA) is 130 Å². The zero-order valence-electron chi connectivity index (χ0n) is 19.1. The van der Waals surface area contributed by atoms with Gasteiger partial charge in [-0.3, -0.25) is 9.59 Å². The number of rotatable bonds is 8. The minimum atomic E-state index is -3.38. The minimum absolute atomic E-state index is 0.00442. The number of amides is 1. The van der Waals surface area contributed by atoms with Crippen LogP contribution in [0.2, 0.25) is 0 Å². The number of pyridine rings is 1. The molecule has 0 unspecified atom stereocenters.